The Kier molecular flexibility index (Phi) is 5.04. The van der Waals surface area contributed by atoms with Crippen LogP contribution in [0.1, 0.15) is 38.5 Å². The Bertz CT molecular complexity index is 367. The van der Waals surface area contributed by atoms with Gasteiger partial charge in [-0.3, -0.25) is 0 Å². The van der Waals surface area contributed by atoms with E-state index in [4.69, 9.17) is 11.6 Å². The summed E-state index contributed by atoms with van der Waals surface area (Å²) in [7, 11) is 0. The van der Waals surface area contributed by atoms with Crippen LogP contribution >= 0.6 is 27.5 Å². The van der Waals surface area contributed by atoms with Gasteiger partial charge in [0.05, 0.1) is 4.47 Å². The molecule has 1 aliphatic rings. The molecule has 0 unspecified atom stereocenters. The number of hydrogen-bond donors (Lipinski definition) is 1. The zero-order valence-electron chi connectivity index (χ0n) is 9.75. The van der Waals surface area contributed by atoms with E-state index in [0.717, 1.165) is 22.8 Å². The number of anilines is 1. The molecule has 0 bridgehead atoms. The average Bonchev–Trinajstić information content (AvgIpc) is 2.36. The molecular weight excluding hydrogens is 302 g/mol. The van der Waals surface area contributed by atoms with Crippen LogP contribution in [-0.4, -0.2) is 16.5 Å². The van der Waals surface area contributed by atoms with E-state index < -0.39 is 0 Å². The molecule has 94 valence electrons. The van der Waals surface area contributed by atoms with E-state index in [1.807, 2.05) is 0 Å². The molecule has 0 spiro atoms. The molecule has 1 heterocycles. The molecule has 3 nitrogen and oxygen atoms in total. The standard InChI is InChI=1S/C12H17BrClN3/c13-10-11(14)16-8-17-12(10)15-7-6-9-4-2-1-3-5-9/h8-9H,1-7H2,(H,15,16,17). The molecular formula is C12H17BrClN3. The van der Waals surface area contributed by atoms with Gasteiger partial charge in [0.1, 0.15) is 17.3 Å². The first kappa shape index (κ1) is 13.1. The molecule has 1 aromatic rings. The van der Waals surface area contributed by atoms with Crippen molar-refractivity contribution in [3.8, 4) is 0 Å². The summed E-state index contributed by atoms with van der Waals surface area (Å²) in [6.45, 7) is 0.955. The minimum atomic E-state index is 0.458. The third kappa shape index (κ3) is 3.81. The molecule has 0 radical (unpaired) electrons. The van der Waals surface area contributed by atoms with Crippen molar-refractivity contribution in [1.29, 1.82) is 0 Å². The fraction of sp³-hybridized carbons (Fsp3) is 0.667. The van der Waals surface area contributed by atoms with Gasteiger partial charge in [0.2, 0.25) is 0 Å². The van der Waals surface area contributed by atoms with E-state index in [1.165, 1.54) is 44.9 Å². The van der Waals surface area contributed by atoms with Crippen LogP contribution in [0.4, 0.5) is 5.82 Å². The van der Waals surface area contributed by atoms with Crippen molar-refractivity contribution >= 4 is 33.3 Å². The highest BCUT2D eigenvalue weighted by Gasteiger charge is 2.13. The van der Waals surface area contributed by atoms with Crippen LogP contribution < -0.4 is 5.32 Å². The molecule has 0 atom stereocenters. The second-order valence-electron chi connectivity index (χ2n) is 4.55. The van der Waals surface area contributed by atoms with Crippen molar-refractivity contribution in [1.82, 2.24) is 9.97 Å². The van der Waals surface area contributed by atoms with Crippen LogP contribution in [-0.2, 0) is 0 Å². The third-order valence-corrected chi connectivity index (χ3v) is 4.58. The Labute approximate surface area is 116 Å². The predicted octanol–water partition coefficient (Wildman–Crippen LogP) is 4.27. The highest BCUT2D eigenvalue weighted by molar-refractivity contribution is 9.10. The first-order valence-electron chi connectivity index (χ1n) is 6.17. The highest BCUT2D eigenvalue weighted by Crippen LogP contribution is 2.28. The summed E-state index contributed by atoms with van der Waals surface area (Å²) >= 11 is 9.29. The molecule has 0 saturated heterocycles. The molecule has 1 fully saturated rings. The van der Waals surface area contributed by atoms with Crippen molar-refractivity contribution in [2.75, 3.05) is 11.9 Å². The lowest BCUT2D eigenvalue weighted by Gasteiger charge is -2.21. The van der Waals surface area contributed by atoms with Crippen LogP contribution in [0.5, 0.6) is 0 Å². The summed E-state index contributed by atoms with van der Waals surface area (Å²) in [5.41, 5.74) is 0. The van der Waals surface area contributed by atoms with Crippen LogP contribution in [0.2, 0.25) is 5.15 Å². The van der Waals surface area contributed by atoms with E-state index in [1.54, 1.807) is 0 Å². The maximum atomic E-state index is 5.90. The number of hydrogen-bond acceptors (Lipinski definition) is 3. The van der Waals surface area contributed by atoms with Crippen LogP contribution in [0.3, 0.4) is 0 Å². The summed E-state index contributed by atoms with van der Waals surface area (Å²) in [5.74, 6) is 1.67. The number of halogens is 2. The van der Waals surface area contributed by atoms with Crippen molar-refractivity contribution in [3.05, 3.63) is 16.0 Å². The zero-order chi connectivity index (χ0) is 12.1. The first-order valence-corrected chi connectivity index (χ1v) is 7.34. The van der Waals surface area contributed by atoms with Gasteiger partial charge in [0, 0.05) is 6.54 Å². The fourth-order valence-electron chi connectivity index (χ4n) is 2.34. The van der Waals surface area contributed by atoms with Gasteiger partial charge in [0.25, 0.3) is 0 Å². The van der Waals surface area contributed by atoms with Crippen LogP contribution in [0, 0.1) is 5.92 Å². The van der Waals surface area contributed by atoms with Gasteiger partial charge in [-0.25, -0.2) is 9.97 Å². The number of nitrogens with one attached hydrogen (secondary N) is 1. The van der Waals surface area contributed by atoms with Crippen LogP contribution in [0.15, 0.2) is 10.8 Å². The second-order valence-corrected chi connectivity index (χ2v) is 5.70. The second kappa shape index (κ2) is 6.55. The van der Waals surface area contributed by atoms with Gasteiger partial charge in [-0.05, 0) is 28.3 Å². The Hall–Kier alpha value is -0.350. The van der Waals surface area contributed by atoms with Gasteiger partial charge < -0.3 is 5.32 Å². The van der Waals surface area contributed by atoms with Crippen LogP contribution in [0.25, 0.3) is 0 Å². The van der Waals surface area contributed by atoms with Gasteiger partial charge in [-0.2, -0.15) is 0 Å². The molecule has 1 aliphatic carbocycles. The normalized spacial score (nSPS) is 17.1. The topological polar surface area (TPSA) is 37.8 Å². The molecule has 0 aliphatic heterocycles. The van der Waals surface area contributed by atoms with E-state index in [0.29, 0.717) is 5.15 Å². The van der Waals surface area contributed by atoms with Crippen molar-refractivity contribution in [3.63, 3.8) is 0 Å². The minimum absolute atomic E-state index is 0.458. The first-order chi connectivity index (χ1) is 8.27. The van der Waals surface area contributed by atoms with Gasteiger partial charge >= 0.3 is 0 Å². The summed E-state index contributed by atoms with van der Waals surface area (Å²) in [6, 6.07) is 0. The Morgan fingerprint density at radius 2 is 2.06 bits per heavy atom. The maximum absolute atomic E-state index is 5.90. The predicted molar refractivity (Wildman–Crippen MR) is 74.4 cm³/mol. The van der Waals surface area contributed by atoms with E-state index >= 15 is 0 Å². The Morgan fingerprint density at radius 1 is 1.29 bits per heavy atom. The van der Waals surface area contributed by atoms with E-state index in [2.05, 4.69) is 31.2 Å². The number of aromatic nitrogens is 2. The van der Waals surface area contributed by atoms with Crippen molar-refractivity contribution in [2.24, 2.45) is 5.92 Å². The SMILES string of the molecule is Clc1ncnc(NCCC2CCCCC2)c1Br. The van der Waals surface area contributed by atoms with E-state index in [-0.39, 0.29) is 0 Å². The monoisotopic (exact) mass is 317 g/mol. The Morgan fingerprint density at radius 3 is 2.82 bits per heavy atom. The smallest absolute Gasteiger partial charge is 0.148 e. The molecule has 2 rings (SSSR count). The van der Waals surface area contributed by atoms with Crippen molar-refractivity contribution < 1.29 is 0 Å². The summed E-state index contributed by atoms with van der Waals surface area (Å²) in [4.78, 5) is 8.07. The summed E-state index contributed by atoms with van der Waals surface area (Å²) < 4.78 is 0.755. The number of rotatable bonds is 4. The quantitative estimate of drug-likeness (QED) is 0.842. The molecule has 0 aromatic carbocycles. The van der Waals surface area contributed by atoms with Gasteiger partial charge in [0.15, 0.2) is 0 Å². The lowest BCUT2D eigenvalue weighted by molar-refractivity contribution is 0.345. The highest BCUT2D eigenvalue weighted by atomic mass is 79.9. The summed E-state index contributed by atoms with van der Waals surface area (Å²) in [6.07, 6.45) is 9.67. The van der Waals surface area contributed by atoms with Gasteiger partial charge in [-0.1, -0.05) is 43.7 Å². The molecule has 5 heteroatoms. The Balaban J connectivity index is 1.79. The average molecular weight is 319 g/mol. The largest absolute Gasteiger partial charge is 0.369 e. The molecule has 1 saturated carbocycles. The number of nitrogens with zero attached hydrogens (tertiary/aromatic N) is 2. The minimum Gasteiger partial charge on any atom is -0.369 e. The van der Waals surface area contributed by atoms with E-state index in [9.17, 15) is 0 Å². The summed E-state index contributed by atoms with van der Waals surface area (Å²) in [5, 5.41) is 3.78. The van der Waals surface area contributed by atoms with Gasteiger partial charge in [-0.15, -0.1) is 0 Å². The maximum Gasteiger partial charge on any atom is 0.148 e. The van der Waals surface area contributed by atoms with Crippen molar-refractivity contribution in [2.45, 2.75) is 38.5 Å². The molecule has 1 aromatic heterocycles. The molecule has 1 N–H and O–H groups in total. The lowest BCUT2D eigenvalue weighted by Crippen LogP contribution is -2.13. The third-order valence-electron chi connectivity index (χ3n) is 3.32. The lowest BCUT2D eigenvalue weighted by atomic mass is 9.87. The fourth-order valence-corrected chi connectivity index (χ4v) is 2.82. The zero-order valence-corrected chi connectivity index (χ0v) is 12.1. The molecule has 17 heavy (non-hydrogen) atoms. The molecule has 0 amide bonds.